The number of rotatable bonds is 1. The molecule has 1 unspecified atom stereocenters. The fraction of sp³-hybridized carbons (Fsp3) is 0.417. The van der Waals surface area contributed by atoms with Gasteiger partial charge in [-0.25, -0.2) is 4.98 Å². The third kappa shape index (κ3) is 1.27. The van der Waals surface area contributed by atoms with E-state index in [1.165, 1.54) is 0 Å². The van der Waals surface area contributed by atoms with E-state index in [9.17, 15) is 0 Å². The summed E-state index contributed by atoms with van der Waals surface area (Å²) in [6.07, 6.45) is 0.837. The molecule has 1 saturated heterocycles. The molecule has 1 aliphatic heterocycles. The van der Waals surface area contributed by atoms with Crippen LogP contribution in [-0.2, 0) is 17.3 Å². The number of nitrogens with zero attached hydrogens (tertiary/aromatic N) is 2. The predicted molar refractivity (Wildman–Crippen MR) is 62.0 cm³/mol. The van der Waals surface area contributed by atoms with Crippen molar-refractivity contribution in [2.24, 2.45) is 12.8 Å². The maximum atomic E-state index is 6.34. The van der Waals surface area contributed by atoms with Crippen molar-refractivity contribution in [1.29, 1.82) is 0 Å². The van der Waals surface area contributed by atoms with Crippen molar-refractivity contribution in [3.8, 4) is 0 Å². The number of fused-ring (bicyclic) bond motifs is 1. The van der Waals surface area contributed by atoms with Crippen LogP contribution in [0.3, 0.4) is 0 Å². The molecule has 1 aliphatic rings. The molecule has 0 spiro atoms. The summed E-state index contributed by atoms with van der Waals surface area (Å²) in [5.41, 5.74) is 8.03. The number of aryl methyl sites for hydroxylation is 1. The normalized spacial score (nSPS) is 25.4. The van der Waals surface area contributed by atoms with Gasteiger partial charge < -0.3 is 15.0 Å². The lowest BCUT2D eigenvalue weighted by Gasteiger charge is -2.20. The second-order valence-corrected chi connectivity index (χ2v) is 4.44. The number of hydrogen-bond donors (Lipinski definition) is 1. The topological polar surface area (TPSA) is 53.1 Å². The predicted octanol–water partition coefficient (Wildman–Crippen LogP) is 1.15. The molecule has 1 fully saturated rings. The summed E-state index contributed by atoms with van der Waals surface area (Å²) in [5.74, 6) is 0.922. The summed E-state index contributed by atoms with van der Waals surface area (Å²) in [6.45, 7) is 1.28. The SMILES string of the molecule is Cn1c(C2(N)CCOC2)nc2ccccc21. The van der Waals surface area contributed by atoms with Crippen LogP contribution in [-0.4, -0.2) is 22.8 Å². The van der Waals surface area contributed by atoms with Crippen LogP contribution in [0.15, 0.2) is 24.3 Å². The quantitative estimate of drug-likeness (QED) is 0.779. The molecule has 1 aromatic carbocycles. The molecule has 84 valence electrons. The summed E-state index contributed by atoms with van der Waals surface area (Å²) in [6, 6.07) is 8.08. The zero-order valence-corrected chi connectivity index (χ0v) is 9.31. The van der Waals surface area contributed by atoms with E-state index in [0.29, 0.717) is 6.61 Å². The lowest BCUT2D eigenvalue weighted by molar-refractivity contribution is 0.175. The molecule has 0 aliphatic carbocycles. The van der Waals surface area contributed by atoms with Gasteiger partial charge in [-0.1, -0.05) is 12.1 Å². The Morgan fingerprint density at radius 2 is 2.25 bits per heavy atom. The van der Waals surface area contributed by atoms with Gasteiger partial charge in [0, 0.05) is 13.7 Å². The van der Waals surface area contributed by atoms with Gasteiger partial charge in [-0.15, -0.1) is 0 Å². The molecule has 0 saturated carbocycles. The monoisotopic (exact) mass is 217 g/mol. The summed E-state index contributed by atoms with van der Waals surface area (Å²) in [5, 5.41) is 0. The van der Waals surface area contributed by atoms with Crippen molar-refractivity contribution in [1.82, 2.24) is 9.55 Å². The van der Waals surface area contributed by atoms with Crippen LogP contribution in [0.5, 0.6) is 0 Å². The first-order chi connectivity index (χ1) is 7.71. The lowest BCUT2D eigenvalue weighted by atomic mass is 9.99. The highest BCUT2D eigenvalue weighted by atomic mass is 16.5. The van der Waals surface area contributed by atoms with Crippen molar-refractivity contribution < 1.29 is 4.74 Å². The van der Waals surface area contributed by atoms with E-state index in [1.54, 1.807) is 0 Å². The van der Waals surface area contributed by atoms with E-state index in [0.717, 1.165) is 29.9 Å². The summed E-state index contributed by atoms with van der Waals surface area (Å²) in [7, 11) is 2.01. The molecule has 1 aromatic heterocycles. The second-order valence-electron chi connectivity index (χ2n) is 4.44. The fourth-order valence-corrected chi connectivity index (χ4v) is 2.35. The molecule has 0 bridgehead atoms. The van der Waals surface area contributed by atoms with Gasteiger partial charge in [0.05, 0.1) is 17.6 Å². The Bertz CT molecular complexity index is 526. The van der Waals surface area contributed by atoms with Gasteiger partial charge in [0.1, 0.15) is 11.4 Å². The number of aromatic nitrogens is 2. The zero-order valence-electron chi connectivity index (χ0n) is 9.31. The second kappa shape index (κ2) is 3.30. The van der Waals surface area contributed by atoms with Crippen LogP contribution in [0.2, 0.25) is 0 Å². The Kier molecular flexibility index (Phi) is 2.02. The minimum Gasteiger partial charge on any atom is -0.379 e. The zero-order chi connectivity index (χ0) is 11.2. The molecule has 16 heavy (non-hydrogen) atoms. The van der Waals surface area contributed by atoms with E-state index >= 15 is 0 Å². The standard InChI is InChI=1S/C12H15N3O/c1-15-10-5-3-2-4-9(10)14-11(15)12(13)6-7-16-8-12/h2-5H,6-8,13H2,1H3. The first-order valence-corrected chi connectivity index (χ1v) is 5.49. The van der Waals surface area contributed by atoms with Crippen LogP contribution >= 0.6 is 0 Å². The van der Waals surface area contributed by atoms with Crippen molar-refractivity contribution >= 4 is 11.0 Å². The van der Waals surface area contributed by atoms with Gasteiger partial charge in [0.15, 0.2) is 0 Å². The van der Waals surface area contributed by atoms with Gasteiger partial charge in [0.25, 0.3) is 0 Å². The van der Waals surface area contributed by atoms with Crippen molar-refractivity contribution in [3.63, 3.8) is 0 Å². The van der Waals surface area contributed by atoms with Crippen LogP contribution in [0, 0.1) is 0 Å². The molecular formula is C12H15N3O. The fourth-order valence-electron chi connectivity index (χ4n) is 2.35. The molecule has 4 nitrogen and oxygen atoms in total. The van der Waals surface area contributed by atoms with Crippen molar-refractivity contribution in [2.75, 3.05) is 13.2 Å². The Labute approximate surface area is 94.0 Å². The minimum atomic E-state index is -0.423. The third-order valence-electron chi connectivity index (χ3n) is 3.28. The summed E-state index contributed by atoms with van der Waals surface area (Å²) >= 11 is 0. The number of ether oxygens (including phenoxy) is 1. The molecule has 0 radical (unpaired) electrons. The molecule has 2 heterocycles. The largest absolute Gasteiger partial charge is 0.379 e. The third-order valence-corrected chi connectivity index (χ3v) is 3.28. The van der Waals surface area contributed by atoms with Gasteiger partial charge >= 0.3 is 0 Å². The van der Waals surface area contributed by atoms with Crippen LogP contribution in [0.1, 0.15) is 12.2 Å². The first kappa shape index (κ1) is 9.81. The highest BCUT2D eigenvalue weighted by molar-refractivity contribution is 5.76. The molecule has 2 aromatic rings. The number of imidazole rings is 1. The van der Waals surface area contributed by atoms with Crippen LogP contribution in [0.4, 0.5) is 0 Å². The minimum absolute atomic E-state index is 0.423. The smallest absolute Gasteiger partial charge is 0.132 e. The molecule has 0 amide bonds. The number of benzene rings is 1. The highest BCUT2D eigenvalue weighted by Crippen LogP contribution is 2.29. The number of hydrogen-bond acceptors (Lipinski definition) is 3. The Hall–Kier alpha value is -1.39. The first-order valence-electron chi connectivity index (χ1n) is 5.49. The Balaban J connectivity index is 2.20. The molecular weight excluding hydrogens is 202 g/mol. The lowest BCUT2D eigenvalue weighted by Crippen LogP contribution is -2.39. The van der Waals surface area contributed by atoms with E-state index < -0.39 is 5.54 Å². The van der Waals surface area contributed by atoms with Gasteiger partial charge in [-0.05, 0) is 18.6 Å². The molecule has 4 heteroatoms. The maximum Gasteiger partial charge on any atom is 0.132 e. The average molecular weight is 217 g/mol. The maximum absolute atomic E-state index is 6.34. The van der Waals surface area contributed by atoms with E-state index in [4.69, 9.17) is 10.5 Å². The van der Waals surface area contributed by atoms with Crippen molar-refractivity contribution in [2.45, 2.75) is 12.0 Å². The Morgan fingerprint density at radius 3 is 2.94 bits per heavy atom. The molecule has 3 rings (SSSR count). The Morgan fingerprint density at radius 1 is 1.44 bits per heavy atom. The average Bonchev–Trinajstić information content (AvgIpc) is 2.86. The van der Waals surface area contributed by atoms with Crippen LogP contribution in [0.25, 0.3) is 11.0 Å². The van der Waals surface area contributed by atoms with Crippen LogP contribution < -0.4 is 5.73 Å². The summed E-state index contributed by atoms with van der Waals surface area (Å²) in [4.78, 5) is 4.62. The number of nitrogens with two attached hydrogens (primary N) is 1. The highest BCUT2D eigenvalue weighted by Gasteiger charge is 2.36. The van der Waals surface area contributed by atoms with Gasteiger partial charge in [-0.2, -0.15) is 0 Å². The van der Waals surface area contributed by atoms with Gasteiger partial charge in [-0.3, -0.25) is 0 Å². The van der Waals surface area contributed by atoms with E-state index in [2.05, 4.69) is 15.6 Å². The van der Waals surface area contributed by atoms with E-state index in [-0.39, 0.29) is 0 Å². The molecule has 2 N–H and O–H groups in total. The van der Waals surface area contributed by atoms with E-state index in [1.807, 2.05) is 25.2 Å². The molecule has 1 atom stereocenters. The van der Waals surface area contributed by atoms with Crippen molar-refractivity contribution in [3.05, 3.63) is 30.1 Å². The van der Waals surface area contributed by atoms with Gasteiger partial charge in [0.2, 0.25) is 0 Å². The number of para-hydroxylation sites is 2. The summed E-state index contributed by atoms with van der Waals surface area (Å²) < 4.78 is 7.46.